The quantitative estimate of drug-likeness (QED) is 0.720. The predicted octanol–water partition coefficient (Wildman–Crippen LogP) is 0.723. The fraction of sp³-hybridized carbons (Fsp3) is 0.444. The summed E-state index contributed by atoms with van der Waals surface area (Å²) in [5, 5.41) is 8.79. The van der Waals surface area contributed by atoms with E-state index in [0.29, 0.717) is 5.76 Å². The van der Waals surface area contributed by atoms with Crippen LogP contribution in [0.15, 0.2) is 22.8 Å². The molecule has 1 atom stereocenters. The summed E-state index contributed by atoms with van der Waals surface area (Å²) in [5.41, 5.74) is 5.15. The lowest BCUT2D eigenvalue weighted by Gasteiger charge is -2.16. The van der Waals surface area contributed by atoms with E-state index in [1.54, 1.807) is 18.4 Å². The normalized spacial score (nSPS) is 21.0. The molecule has 1 heterocycles. The van der Waals surface area contributed by atoms with E-state index in [0.717, 1.165) is 12.8 Å². The third-order valence-corrected chi connectivity index (χ3v) is 2.66. The molecule has 0 aromatic carbocycles. The first-order valence-corrected chi connectivity index (χ1v) is 4.19. The molecule has 1 fully saturated rings. The maximum Gasteiger partial charge on any atom is 0.321 e. The molecule has 1 aromatic heterocycles. The molecule has 1 unspecified atom stereocenters. The minimum atomic E-state index is -0.964. The lowest BCUT2D eigenvalue weighted by Crippen LogP contribution is -2.41. The summed E-state index contributed by atoms with van der Waals surface area (Å²) >= 11 is 0. The molecule has 0 saturated heterocycles. The van der Waals surface area contributed by atoms with Crippen LogP contribution in [0.2, 0.25) is 0 Å². The zero-order valence-corrected chi connectivity index (χ0v) is 7.06. The molecule has 0 radical (unpaired) electrons. The maximum atomic E-state index is 10.7. The molecule has 1 aromatic rings. The molecule has 13 heavy (non-hydrogen) atoms. The van der Waals surface area contributed by atoms with Crippen LogP contribution in [-0.4, -0.2) is 17.1 Å². The lowest BCUT2D eigenvalue weighted by molar-refractivity contribution is -0.139. The van der Waals surface area contributed by atoms with Crippen LogP contribution in [0, 0.1) is 0 Å². The van der Waals surface area contributed by atoms with Gasteiger partial charge in [-0.15, -0.1) is 0 Å². The van der Waals surface area contributed by atoms with Crippen LogP contribution in [0.4, 0.5) is 0 Å². The average molecular weight is 181 g/mol. The van der Waals surface area contributed by atoms with Gasteiger partial charge in [0, 0.05) is 0 Å². The Hall–Kier alpha value is -1.29. The van der Waals surface area contributed by atoms with Crippen LogP contribution >= 0.6 is 0 Å². The van der Waals surface area contributed by atoms with Crippen molar-refractivity contribution in [3.63, 3.8) is 0 Å². The molecule has 1 aliphatic carbocycles. The van der Waals surface area contributed by atoms with Crippen molar-refractivity contribution in [2.24, 2.45) is 5.73 Å². The van der Waals surface area contributed by atoms with Gasteiger partial charge in [-0.25, -0.2) is 0 Å². The van der Waals surface area contributed by atoms with E-state index >= 15 is 0 Å². The van der Waals surface area contributed by atoms with Crippen LogP contribution < -0.4 is 5.73 Å². The van der Waals surface area contributed by atoms with Crippen molar-refractivity contribution in [3.05, 3.63) is 24.2 Å². The Morgan fingerprint density at radius 3 is 2.77 bits per heavy atom. The third kappa shape index (κ3) is 1.14. The van der Waals surface area contributed by atoms with Gasteiger partial charge in [0.1, 0.15) is 11.8 Å². The van der Waals surface area contributed by atoms with Crippen LogP contribution in [0.1, 0.15) is 18.6 Å². The summed E-state index contributed by atoms with van der Waals surface area (Å²) in [5.74, 6) is -0.267. The van der Waals surface area contributed by atoms with E-state index < -0.39 is 17.4 Å². The van der Waals surface area contributed by atoms with Crippen LogP contribution in [-0.2, 0) is 10.2 Å². The topological polar surface area (TPSA) is 76.5 Å². The summed E-state index contributed by atoms with van der Waals surface area (Å²) in [6.07, 6.45) is 3.14. The number of hydrogen-bond acceptors (Lipinski definition) is 3. The summed E-state index contributed by atoms with van der Waals surface area (Å²) in [4.78, 5) is 10.7. The van der Waals surface area contributed by atoms with Crippen LogP contribution in [0.25, 0.3) is 0 Å². The summed E-state index contributed by atoms with van der Waals surface area (Å²) in [7, 11) is 0. The highest BCUT2D eigenvalue weighted by molar-refractivity contribution is 5.76. The molecule has 0 aliphatic heterocycles. The Morgan fingerprint density at radius 1 is 1.69 bits per heavy atom. The number of aliphatic carboxylic acids is 1. The van der Waals surface area contributed by atoms with Crippen molar-refractivity contribution in [2.75, 3.05) is 0 Å². The summed E-state index contributed by atoms with van der Waals surface area (Å²) in [6, 6.07) is 2.69. The zero-order chi connectivity index (χ0) is 9.47. The summed E-state index contributed by atoms with van der Waals surface area (Å²) in [6.45, 7) is 0. The molecule has 4 heteroatoms. The van der Waals surface area contributed by atoms with Crippen molar-refractivity contribution < 1.29 is 14.3 Å². The van der Waals surface area contributed by atoms with E-state index in [2.05, 4.69) is 0 Å². The molecular weight excluding hydrogens is 170 g/mol. The first-order valence-electron chi connectivity index (χ1n) is 4.19. The molecule has 3 N–H and O–H groups in total. The minimum absolute atomic E-state index is 0.435. The Bertz CT molecular complexity index is 314. The molecule has 0 amide bonds. The Kier molecular flexibility index (Phi) is 1.66. The molecule has 4 nitrogen and oxygen atoms in total. The van der Waals surface area contributed by atoms with Gasteiger partial charge in [-0.2, -0.15) is 0 Å². The molecule has 0 bridgehead atoms. The number of hydrogen-bond donors (Lipinski definition) is 2. The van der Waals surface area contributed by atoms with E-state index in [4.69, 9.17) is 15.3 Å². The van der Waals surface area contributed by atoms with E-state index in [1.807, 2.05) is 0 Å². The first-order chi connectivity index (χ1) is 6.17. The SMILES string of the molecule is NC(C(=O)O)C1(c2ccco2)CC1. The van der Waals surface area contributed by atoms with E-state index in [9.17, 15) is 4.79 Å². The lowest BCUT2D eigenvalue weighted by atomic mass is 9.94. The number of furan rings is 1. The van der Waals surface area contributed by atoms with Gasteiger partial charge in [0.25, 0.3) is 0 Å². The Morgan fingerprint density at radius 2 is 2.38 bits per heavy atom. The van der Waals surface area contributed by atoms with Crippen LogP contribution in [0.3, 0.4) is 0 Å². The smallest absolute Gasteiger partial charge is 0.321 e. The Labute approximate surface area is 75.3 Å². The van der Waals surface area contributed by atoms with Crippen molar-refractivity contribution in [1.82, 2.24) is 0 Å². The molecule has 1 aliphatic rings. The van der Waals surface area contributed by atoms with Crippen molar-refractivity contribution >= 4 is 5.97 Å². The number of carboxylic acid groups (broad SMARTS) is 1. The standard InChI is InChI=1S/C9H11NO3/c10-7(8(11)12)9(3-4-9)6-2-1-5-13-6/h1-2,5,7H,3-4,10H2,(H,11,12). The number of carboxylic acids is 1. The molecule has 70 valence electrons. The number of carbonyl (C=O) groups is 1. The minimum Gasteiger partial charge on any atom is -0.480 e. The van der Waals surface area contributed by atoms with Gasteiger partial charge in [-0.3, -0.25) is 4.79 Å². The van der Waals surface area contributed by atoms with Gasteiger partial charge in [0.2, 0.25) is 0 Å². The highest BCUT2D eigenvalue weighted by Crippen LogP contribution is 2.50. The van der Waals surface area contributed by atoms with E-state index in [-0.39, 0.29) is 0 Å². The predicted molar refractivity (Wildman–Crippen MR) is 45.2 cm³/mol. The average Bonchev–Trinajstić information content (AvgIpc) is 2.72. The fourth-order valence-electron chi connectivity index (χ4n) is 1.64. The second-order valence-electron chi connectivity index (χ2n) is 3.45. The van der Waals surface area contributed by atoms with Gasteiger partial charge in [-0.05, 0) is 25.0 Å². The number of rotatable bonds is 3. The molecule has 0 spiro atoms. The third-order valence-electron chi connectivity index (χ3n) is 2.66. The molecule has 2 rings (SSSR count). The highest BCUT2D eigenvalue weighted by Gasteiger charge is 2.54. The van der Waals surface area contributed by atoms with Crippen molar-refractivity contribution in [1.29, 1.82) is 0 Å². The van der Waals surface area contributed by atoms with Gasteiger partial charge < -0.3 is 15.3 Å². The maximum absolute atomic E-state index is 10.7. The summed E-state index contributed by atoms with van der Waals surface area (Å²) < 4.78 is 5.19. The van der Waals surface area contributed by atoms with Gasteiger partial charge in [0.05, 0.1) is 11.7 Å². The van der Waals surface area contributed by atoms with Gasteiger partial charge in [-0.1, -0.05) is 0 Å². The fourth-order valence-corrected chi connectivity index (χ4v) is 1.64. The van der Waals surface area contributed by atoms with E-state index in [1.165, 1.54) is 0 Å². The largest absolute Gasteiger partial charge is 0.480 e. The second-order valence-corrected chi connectivity index (χ2v) is 3.45. The Balaban J connectivity index is 2.27. The van der Waals surface area contributed by atoms with Crippen LogP contribution in [0.5, 0.6) is 0 Å². The first kappa shape index (κ1) is 8.31. The van der Waals surface area contributed by atoms with Gasteiger partial charge in [0.15, 0.2) is 0 Å². The monoisotopic (exact) mass is 181 g/mol. The highest BCUT2D eigenvalue weighted by atomic mass is 16.4. The van der Waals surface area contributed by atoms with Gasteiger partial charge >= 0.3 is 5.97 Å². The zero-order valence-electron chi connectivity index (χ0n) is 7.06. The number of nitrogens with two attached hydrogens (primary N) is 1. The molecule has 1 saturated carbocycles. The van der Waals surface area contributed by atoms with Crippen molar-refractivity contribution in [3.8, 4) is 0 Å². The molecular formula is C9H11NO3. The second kappa shape index (κ2) is 2.60. The van der Waals surface area contributed by atoms with Crippen molar-refractivity contribution in [2.45, 2.75) is 24.3 Å².